The van der Waals surface area contributed by atoms with Crippen LogP contribution in [-0.4, -0.2) is 4.57 Å². The van der Waals surface area contributed by atoms with Crippen LogP contribution in [0.2, 0.25) is 0 Å². The van der Waals surface area contributed by atoms with Crippen LogP contribution < -0.4 is 0 Å². The number of hydrogen-bond donors (Lipinski definition) is 0. The van der Waals surface area contributed by atoms with Crippen LogP contribution in [0.15, 0.2) is 72.8 Å². The van der Waals surface area contributed by atoms with Crippen LogP contribution >= 0.6 is 0 Å². The molecule has 1 heterocycles. The summed E-state index contributed by atoms with van der Waals surface area (Å²) in [5.74, 6) is 0. The van der Waals surface area contributed by atoms with Gasteiger partial charge in [-0.25, -0.2) is 0 Å². The lowest BCUT2D eigenvalue weighted by molar-refractivity contribution is 0.827. The third-order valence-electron chi connectivity index (χ3n) is 5.98. The molecule has 0 N–H and O–H groups in total. The fraction of sp³-hybridized carbons (Fsp3) is 0.120. The van der Waals surface area contributed by atoms with Gasteiger partial charge >= 0.3 is 0 Å². The van der Waals surface area contributed by atoms with Gasteiger partial charge in [0.2, 0.25) is 0 Å². The number of aryl methyl sites for hydroxylation is 1. The quantitative estimate of drug-likeness (QED) is 0.322. The number of fused-ring (bicyclic) bond motifs is 8. The van der Waals surface area contributed by atoms with E-state index in [9.17, 15) is 0 Å². The SMILES string of the molecule is CCn1c2ccccc2c2cc3c(cc21)-c1c(ccc2ccccc12)C3. The first-order valence-electron chi connectivity index (χ1n) is 9.40. The van der Waals surface area contributed by atoms with Gasteiger partial charge in [-0.3, -0.25) is 0 Å². The zero-order valence-corrected chi connectivity index (χ0v) is 14.8. The summed E-state index contributed by atoms with van der Waals surface area (Å²) in [6, 6.07) is 27.0. The van der Waals surface area contributed by atoms with Crippen molar-refractivity contribution in [2.24, 2.45) is 0 Å². The van der Waals surface area contributed by atoms with E-state index in [-0.39, 0.29) is 0 Å². The van der Waals surface area contributed by atoms with Gasteiger partial charge in [-0.2, -0.15) is 0 Å². The van der Waals surface area contributed by atoms with E-state index in [1.165, 1.54) is 54.8 Å². The normalized spacial score (nSPS) is 12.8. The zero-order chi connectivity index (χ0) is 17.3. The molecule has 124 valence electrons. The molecule has 0 bridgehead atoms. The van der Waals surface area contributed by atoms with Crippen molar-refractivity contribution in [3.05, 3.63) is 83.9 Å². The maximum absolute atomic E-state index is 2.45. The number of aromatic nitrogens is 1. The lowest BCUT2D eigenvalue weighted by Gasteiger charge is -2.08. The summed E-state index contributed by atoms with van der Waals surface area (Å²) in [6.07, 6.45) is 1.04. The zero-order valence-electron chi connectivity index (χ0n) is 14.8. The fourth-order valence-electron chi connectivity index (χ4n) is 4.85. The van der Waals surface area contributed by atoms with E-state index in [2.05, 4.69) is 84.3 Å². The molecule has 26 heavy (non-hydrogen) atoms. The minimum atomic E-state index is 0.991. The number of hydrogen-bond acceptors (Lipinski definition) is 0. The fourth-order valence-corrected chi connectivity index (χ4v) is 4.85. The molecule has 0 spiro atoms. The molecule has 0 fully saturated rings. The van der Waals surface area contributed by atoms with E-state index in [1.54, 1.807) is 0 Å². The molecule has 5 aromatic rings. The van der Waals surface area contributed by atoms with Crippen LogP contribution in [0, 0.1) is 0 Å². The molecule has 0 radical (unpaired) electrons. The molecule has 0 saturated carbocycles. The Hall–Kier alpha value is -3.06. The van der Waals surface area contributed by atoms with E-state index in [4.69, 9.17) is 0 Å². The first kappa shape index (κ1) is 14.1. The summed E-state index contributed by atoms with van der Waals surface area (Å²) in [6.45, 7) is 3.23. The monoisotopic (exact) mass is 333 g/mol. The molecule has 0 amide bonds. The summed E-state index contributed by atoms with van der Waals surface area (Å²) < 4.78 is 2.45. The Bertz CT molecular complexity index is 1340. The molecular formula is C25H19N. The van der Waals surface area contributed by atoms with Gasteiger partial charge in [0.1, 0.15) is 0 Å². The molecular weight excluding hydrogens is 314 g/mol. The van der Waals surface area contributed by atoms with E-state index in [1.807, 2.05) is 0 Å². The van der Waals surface area contributed by atoms with Crippen molar-refractivity contribution in [3.8, 4) is 11.1 Å². The van der Waals surface area contributed by atoms with E-state index in [0.29, 0.717) is 0 Å². The second kappa shape index (κ2) is 4.98. The van der Waals surface area contributed by atoms with Crippen LogP contribution in [-0.2, 0) is 13.0 Å². The molecule has 1 aromatic heterocycles. The number of rotatable bonds is 1. The van der Waals surface area contributed by atoms with Crippen molar-refractivity contribution < 1.29 is 0 Å². The molecule has 1 nitrogen and oxygen atoms in total. The summed E-state index contributed by atoms with van der Waals surface area (Å²) in [7, 11) is 0. The summed E-state index contributed by atoms with van der Waals surface area (Å²) in [4.78, 5) is 0. The molecule has 0 unspecified atom stereocenters. The number of benzene rings is 4. The average Bonchev–Trinajstić information content (AvgIpc) is 3.21. The van der Waals surface area contributed by atoms with Gasteiger partial charge in [0.05, 0.1) is 0 Å². The van der Waals surface area contributed by atoms with Crippen molar-refractivity contribution in [3.63, 3.8) is 0 Å². The van der Waals surface area contributed by atoms with Crippen molar-refractivity contribution >= 4 is 32.6 Å². The molecule has 1 aliphatic carbocycles. The molecule has 4 aromatic carbocycles. The topological polar surface area (TPSA) is 4.93 Å². The smallest absolute Gasteiger partial charge is 0.0497 e. The van der Waals surface area contributed by atoms with Crippen LogP contribution in [0.3, 0.4) is 0 Å². The van der Waals surface area contributed by atoms with Gasteiger partial charge in [-0.1, -0.05) is 54.6 Å². The maximum Gasteiger partial charge on any atom is 0.0497 e. The van der Waals surface area contributed by atoms with E-state index in [0.717, 1.165) is 13.0 Å². The Morgan fingerprint density at radius 3 is 2.42 bits per heavy atom. The Labute approximate surface area is 152 Å². The minimum Gasteiger partial charge on any atom is -0.341 e. The summed E-state index contributed by atoms with van der Waals surface area (Å²) in [5, 5.41) is 5.46. The van der Waals surface area contributed by atoms with Gasteiger partial charge in [-0.15, -0.1) is 0 Å². The Morgan fingerprint density at radius 2 is 1.54 bits per heavy atom. The highest BCUT2D eigenvalue weighted by molar-refractivity contribution is 6.11. The highest BCUT2D eigenvalue weighted by Crippen LogP contribution is 2.44. The molecule has 6 rings (SSSR count). The van der Waals surface area contributed by atoms with Crippen LogP contribution in [0.5, 0.6) is 0 Å². The van der Waals surface area contributed by atoms with Crippen molar-refractivity contribution in [2.75, 3.05) is 0 Å². The number of nitrogens with zero attached hydrogens (tertiary/aromatic N) is 1. The second-order valence-corrected chi connectivity index (χ2v) is 7.29. The molecule has 0 aliphatic heterocycles. The van der Waals surface area contributed by atoms with Crippen LogP contribution in [0.4, 0.5) is 0 Å². The molecule has 0 atom stereocenters. The van der Waals surface area contributed by atoms with E-state index < -0.39 is 0 Å². The summed E-state index contributed by atoms with van der Waals surface area (Å²) in [5.41, 5.74) is 8.47. The summed E-state index contributed by atoms with van der Waals surface area (Å²) >= 11 is 0. The standard InChI is InChI=1S/C25H19N/c1-2-26-23-10-6-5-9-20(23)22-14-18-13-17-12-11-16-7-3-4-8-19(16)25(17)21(18)15-24(22)26/h3-12,14-15H,2,13H2,1H3. The highest BCUT2D eigenvalue weighted by atomic mass is 15.0. The number of para-hydroxylation sites is 1. The van der Waals surface area contributed by atoms with Gasteiger partial charge in [-0.05, 0) is 64.6 Å². The highest BCUT2D eigenvalue weighted by Gasteiger charge is 2.23. The van der Waals surface area contributed by atoms with Crippen molar-refractivity contribution in [1.82, 2.24) is 4.57 Å². The lowest BCUT2D eigenvalue weighted by atomic mass is 9.97. The third-order valence-corrected chi connectivity index (χ3v) is 5.98. The Morgan fingerprint density at radius 1 is 0.731 bits per heavy atom. The van der Waals surface area contributed by atoms with Crippen LogP contribution in [0.1, 0.15) is 18.1 Å². The molecule has 0 saturated heterocycles. The predicted molar refractivity (Wildman–Crippen MR) is 111 cm³/mol. The predicted octanol–water partition coefficient (Wildman–Crippen LogP) is 6.54. The minimum absolute atomic E-state index is 0.991. The average molecular weight is 333 g/mol. The third kappa shape index (κ3) is 1.70. The van der Waals surface area contributed by atoms with E-state index >= 15 is 0 Å². The Kier molecular flexibility index (Phi) is 2.71. The Balaban J connectivity index is 1.76. The first-order chi connectivity index (χ1) is 12.8. The molecule has 1 aliphatic rings. The van der Waals surface area contributed by atoms with Gasteiger partial charge in [0.15, 0.2) is 0 Å². The van der Waals surface area contributed by atoms with Crippen molar-refractivity contribution in [1.29, 1.82) is 0 Å². The largest absolute Gasteiger partial charge is 0.341 e. The molecule has 1 heteroatoms. The van der Waals surface area contributed by atoms with Gasteiger partial charge in [0, 0.05) is 28.4 Å². The lowest BCUT2D eigenvalue weighted by Crippen LogP contribution is -1.93. The van der Waals surface area contributed by atoms with Crippen molar-refractivity contribution in [2.45, 2.75) is 19.9 Å². The first-order valence-corrected chi connectivity index (χ1v) is 9.40. The van der Waals surface area contributed by atoms with Crippen LogP contribution in [0.25, 0.3) is 43.7 Å². The second-order valence-electron chi connectivity index (χ2n) is 7.29. The maximum atomic E-state index is 2.45. The van der Waals surface area contributed by atoms with Gasteiger partial charge in [0.25, 0.3) is 0 Å². The van der Waals surface area contributed by atoms with Gasteiger partial charge < -0.3 is 4.57 Å².